The van der Waals surface area contributed by atoms with Gasteiger partial charge in [0.25, 0.3) is 0 Å². The first-order valence-electron chi connectivity index (χ1n) is 9.02. The Bertz CT molecular complexity index is 833. The van der Waals surface area contributed by atoms with Crippen molar-refractivity contribution in [3.63, 3.8) is 0 Å². The van der Waals surface area contributed by atoms with Crippen LogP contribution >= 0.6 is 0 Å². The van der Waals surface area contributed by atoms with E-state index >= 15 is 0 Å². The molecule has 1 unspecified atom stereocenters. The molecule has 2 aromatic carbocycles. The average molecular weight is 356 g/mol. The van der Waals surface area contributed by atoms with E-state index in [9.17, 15) is 0 Å². The first-order valence-corrected chi connectivity index (χ1v) is 9.02. The van der Waals surface area contributed by atoms with Gasteiger partial charge < -0.3 is 23.8 Å². The van der Waals surface area contributed by atoms with Crippen molar-refractivity contribution >= 4 is 0 Å². The third kappa shape index (κ3) is 2.58. The summed E-state index contributed by atoms with van der Waals surface area (Å²) in [7, 11) is 6.81. The van der Waals surface area contributed by atoms with Crippen LogP contribution in [0.5, 0.6) is 23.0 Å². The molecule has 0 spiro atoms. The fraction of sp³-hybridized carbons (Fsp3) is 0.429. The van der Waals surface area contributed by atoms with Crippen molar-refractivity contribution in [3.8, 4) is 23.0 Å². The van der Waals surface area contributed by atoms with Gasteiger partial charge >= 0.3 is 0 Å². The fourth-order valence-corrected chi connectivity index (χ4v) is 4.50. The lowest BCUT2D eigenvalue weighted by molar-refractivity contribution is -0.949. The van der Waals surface area contributed by atoms with Crippen LogP contribution in [0.25, 0.3) is 0 Å². The van der Waals surface area contributed by atoms with Gasteiger partial charge in [-0.2, -0.15) is 0 Å². The predicted octanol–water partition coefficient (Wildman–Crippen LogP) is 1.96. The lowest BCUT2D eigenvalue weighted by Crippen LogP contribution is -3.13. The molecule has 138 valence electrons. The van der Waals surface area contributed by atoms with E-state index in [0.717, 1.165) is 48.9 Å². The summed E-state index contributed by atoms with van der Waals surface area (Å²) in [6, 6.07) is 8.95. The molecule has 2 atom stereocenters. The molecule has 4 rings (SSSR count). The highest BCUT2D eigenvalue weighted by Gasteiger charge is 2.38. The molecule has 0 radical (unpaired) electrons. The van der Waals surface area contributed by atoms with Gasteiger partial charge in [-0.1, -0.05) is 6.07 Å². The van der Waals surface area contributed by atoms with Crippen LogP contribution in [0.4, 0.5) is 0 Å². The van der Waals surface area contributed by atoms with Gasteiger partial charge in [0, 0.05) is 18.4 Å². The number of rotatable bonds is 4. The largest absolute Gasteiger partial charge is 0.493 e. The lowest BCUT2D eigenvalue weighted by atomic mass is 9.83. The Balaban J connectivity index is 1.76. The highest BCUT2D eigenvalue weighted by atomic mass is 16.5. The van der Waals surface area contributed by atoms with Crippen LogP contribution in [0.3, 0.4) is 0 Å². The molecule has 0 amide bonds. The minimum Gasteiger partial charge on any atom is -0.493 e. The Hall–Kier alpha value is -2.40. The molecular formula is C21H26NO4+. The maximum atomic E-state index is 5.68. The first kappa shape index (κ1) is 17.0. The number of hydrogen-bond acceptors (Lipinski definition) is 4. The second kappa shape index (κ2) is 6.72. The number of benzene rings is 2. The summed E-state index contributed by atoms with van der Waals surface area (Å²) in [5.41, 5.74) is 5.38. The van der Waals surface area contributed by atoms with E-state index < -0.39 is 0 Å². The summed E-state index contributed by atoms with van der Waals surface area (Å²) in [6.45, 7) is 2.06. The maximum Gasteiger partial charge on any atom is 0.169 e. The van der Waals surface area contributed by atoms with Gasteiger partial charge in [-0.15, -0.1) is 0 Å². The molecule has 0 aromatic heterocycles. The molecule has 0 saturated carbocycles. The van der Waals surface area contributed by atoms with E-state index in [0.29, 0.717) is 6.04 Å². The van der Waals surface area contributed by atoms with E-state index in [1.807, 2.05) is 6.07 Å². The van der Waals surface area contributed by atoms with Gasteiger partial charge in [0.1, 0.15) is 12.6 Å². The Labute approximate surface area is 154 Å². The van der Waals surface area contributed by atoms with Crippen molar-refractivity contribution in [2.75, 3.05) is 35.0 Å². The molecule has 2 heterocycles. The van der Waals surface area contributed by atoms with Crippen LogP contribution in [0.1, 0.15) is 28.3 Å². The Morgan fingerprint density at radius 3 is 2.27 bits per heavy atom. The average Bonchev–Trinajstić information content (AvgIpc) is 2.70. The maximum absolute atomic E-state index is 5.68. The van der Waals surface area contributed by atoms with Gasteiger partial charge in [0.2, 0.25) is 0 Å². The molecule has 0 aliphatic carbocycles. The molecule has 26 heavy (non-hydrogen) atoms. The number of hydrogen-bond donors (Lipinski definition) is 1. The van der Waals surface area contributed by atoms with Crippen LogP contribution in [0.2, 0.25) is 0 Å². The van der Waals surface area contributed by atoms with E-state index in [1.54, 1.807) is 33.3 Å². The molecule has 5 heteroatoms. The van der Waals surface area contributed by atoms with Crippen LogP contribution in [-0.4, -0.2) is 35.0 Å². The van der Waals surface area contributed by atoms with Crippen molar-refractivity contribution < 1.29 is 23.8 Å². The fourth-order valence-electron chi connectivity index (χ4n) is 4.50. The van der Waals surface area contributed by atoms with Crippen LogP contribution < -0.4 is 23.8 Å². The van der Waals surface area contributed by atoms with Gasteiger partial charge in [-0.05, 0) is 29.3 Å². The molecule has 1 N–H and O–H groups in total. The monoisotopic (exact) mass is 356 g/mol. The second-order valence-electron chi connectivity index (χ2n) is 6.94. The van der Waals surface area contributed by atoms with Crippen molar-refractivity contribution in [1.82, 2.24) is 0 Å². The van der Waals surface area contributed by atoms with Crippen molar-refractivity contribution in [3.05, 3.63) is 46.5 Å². The number of quaternary nitrogens is 1. The molecule has 0 fully saturated rings. The Morgan fingerprint density at radius 1 is 0.846 bits per heavy atom. The van der Waals surface area contributed by atoms with E-state index in [2.05, 4.69) is 18.2 Å². The highest BCUT2D eigenvalue weighted by Crippen LogP contribution is 2.40. The van der Waals surface area contributed by atoms with Gasteiger partial charge in [0.15, 0.2) is 23.0 Å². The molecule has 0 saturated heterocycles. The zero-order chi connectivity index (χ0) is 18.3. The summed E-state index contributed by atoms with van der Waals surface area (Å²) in [4.78, 5) is 1.57. The summed E-state index contributed by atoms with van der Waals surface area (Å²) < 4.78 is 22.2. The molecule has 2 aliphatic heterocycles. The van der Waals surface area contributed by atoms with Gasteiger partial charge in [0.05, 0.1) is 40.5 Å². The second-order valence-corrected chi connectivity index (χ2v) is 6.94. The number of methoxy groups -OCH3 is 4. The standard InChI is InChI=1S/C21H25NO4/c1-23-18-6-5-13-9-17-15-11-20(25-3)19(24-2)10-14(15)7-8-22(17)12-16(13)21(18)26-4/h5-6,10-11,17H,7-9,12H2,1-4H3/p+1/t17-/m1/s1. The summed E-state index contributed by atoms with van der Waals surface area (Å²) in [5.74, 6) is 3.32. The summed E-state index contributed by atoms with van der Waals surface area (Å²) in [5, 5.41) is 0. The van der Waals surface area contributed by atoms with E-state index in [4.69, 9.17) is 18.9 Å². The predicted molar refractivity (Wildman–Crippen MR) is 98.8 cm³/mol. The molecular weight excluding hydrogens is 330 g/mol. The zero-order valence-corrected chi connectivity index (χ0v) is 15.8. The van der Waals surface area contributed by atoms with Crippen LogP contribution in [-0.2, 0) is 19.4 Å². The topological polar surface area (TPSA) is 41.4 Å². The SMILES string of the molecule is COc1cc2c(cc1OC)[C@H]1Cc3ccc(OC)c(OC)c3C[NH+]1CC2. The van der Waals surface area contributed by atoms with E-state index in [-0.39, 0.29) is 0 Å². The third-order valence-electron chi connectivity index (χ3n) is 5.80. The van der Waals surface area contributed by atoms with Crippen molar-refractivity contribution in [2.24, 2.45) is 0 Å². The number of ether oxygens (including phenoxy) is 4. The lowest BCUT2D eigenvalue weighted by Gasteiger charge is -2.39. The summed E-state index contributed by atoms with van der Waals surface area (Å²) in [6.07, 6.45) is 2.04. The molecule has 0 bridgehead atoms. The van der Waals surface area contributed by atoms with Gasteiger partial charge in [-0.25, -0.2) is 0 Å². The first-order chi connectivity index (χ1) is 12.7. The molecule has 2 aromatic rings. The Kier molecular flexibility index (Phi) is 4.41. The zero-order valence-electron chi connectivity index (χ0n) is 15.8. The Morgan fingerprint density at radius 2 is 1.58 bits per heavy atom. The minimum absolute atomic E-state index is 0.434. The highest BCUT2D eigenvalue weighted by molar-refractivity contribution is 5.53. The van der Waals surface area contributed by atoms with Crippen molar-refractivity contribution in [2.45, 2.75) is 25.4 Å². The van der Waals surface area contributed by atoms with Crippen LogP contribution in [0, 0.1) is 0 Å². The normalized spacial score (nSPS) is 20.5. The van der Waals surface area contributed by atoms with Crippen LogP contribution in [0.15, 0.2) is 24.3 Å². The third-order valence-corrected chi connectivity index (χ3v) is 5.80. The molecule has 2 aliphatic rings. The minimum atomic E-state index is 0.434. The van der Waals surface area contributed by atoms with Crippen molar-refractivity contribution in [1.29, 1.82) is 0 Å². The molecule has 5 nitrogen and oxygen atoms in total. The quantitative estimate of drug-likeness (QED) is 0.909. The summed E-state index contributed by atoms with van der Waals surface area (Å²) >= 11 is 0. The van der Waals surface area contributed by atoms with E-state index in [1.165, 1.54) is 22.3 Å². The van der Waals surface area contributed by atoms with Gasteiger partial charge in [-0.3, -0.25) is 0 Å². The smallest absolute Gasteiger partial charge is 0.169 e. The number of nitrogens with one attached hydrogen (secondary N) is 1. The number of fused-ring (bicyclic) bond motifs is 4.